The van der Waals surface area contributed by atoms with E-state index in [9.17, 15) is 9.59 Å². The van der Waals surface area contributed by atoms with E-state index in [2.05, 4.69) is 15.7 Å². The van der Waals surface area contributed by atoms with Crippen LogP contribution in [-0.4, -0.2) is 52.9 Å². The van der Waals surface area contributed by atoms with E-state index in [0.29, 0.717) is 30.3 Å². The number of hydrogen-bond acceptors (Lipinski definition) is 6. The van der Waals surface area contributed by atoms with Crippen molar-refractivity contribution in [2.45, 2.75) is 19.9 Å². The standard InChI is InChI=1S/C24H25N5O4/c1-15-22(16(2)29(27-15)18-6-4-3-5-7-18)23-24(31)25-10-11-28(23)13-21(30)26-17-8-9-19-20(12-17)33-14-32-19/h3-9,12,23H,10-11,13-14H2,1-2H3,(H,25,31)(H,26,30). The monoisotopic (exact) mass is 447 g/mol. The number of anilines is 1. The maximum atomic E-state index is 13.0. The van der Waals surface area contributed by atoms with Crippen molar-refractivity contribution in [3.63, 3.8) is 0 Å². The number of piperazine rings is 1. The summed E-state index contributed by atoms with van der Waals surface area (Å²) in [4.78, 5) is 27.8. The normalized spacial score (nSPS) is 17.6. The highest BCUT2D eigenvalue weighted by molar-refractivity contribution is 5.93. The number of aromatic nitrogens is 2. The molecule has 2 N–H and O–H groups in total. The van der Waals surface area contributed by atoms with E-state index in [0.717, 1.165) is 22.6 Å². The van der Waals surface area contributed by atoms with Crippen LogP contribution in [0.25, 0.3) is 5.69 Å². The van der Waals surface area contributed by atoms with E-state index in [1.807, 2.05) is 53.8 Å². The minimum atomic E-state index is -0.598. The number of rotatable bonds is 5. The third-order valence-corrected chi connectivity index (χ3v) is 5.94. The van der Waals surface area contributed by atoms with Gasteiger partial charge in [0.15, 0.2) is 11.5 Å². The first kappa shape index (κ1) is 21.0. The molecular weight excluding hydrogens is 422 g/mol. The molecule has 0 radical (unpaired) electrons. The van der Waals surface area contributed by atoms with Gasteiger partial charge >= 0.3 is 0 Å². The second kappa shape index (κ2) is 8.59. The predicted octanol–water partition coefficient (Wildman–Crippen LogP) is 2.33. The molecule has 1 aromatic heterocycles. The molecule has 5 rings (SSSR count). The summed E-state index contributed by atoms with van der Waals surface area (Å²) in [6.45, 7) is 5.14. The fourth-order valence-electron chi connectivity index (χ4n) is 4.43. The van der Waals surface area contributed by atoms with Gasteiger partial charge in [0.05, 0.1) is 17.9 Å². The molecule has 0 saturated carbocycles. The molecule has 33 heavy (non-hydrogen) atoms. The number of carbonyl (C=O) groups excluding carboxylic acids is 2. The van der Waals surface area contributed by atoms with Crippen molar-refractivity contribution < 1.29 is 19.1 Å². The predicted molar refractivity (Wildman–Crippen MR) is 122 cm³/mol. The number of amides is 2. The van der Waals surface area contributed by atoms with Gasteiger partial charge in [0, 0.05) is 36.1 Å². The van der Waals surface area contributed by atoms with Gasteiger partial charge in [0.25, 0.3) is 0 Å². The van der Waals surface area contributed by atoms with Crippen LogP contribution in [0.2, 0.25) is 0 Å². The third kappa shape index (κ3) is 4.03. The van der Waals surface area contributed by atoms with Crippen LogP contribution in [0.4, 0.5) is 5.69 Å². The number of nitrogens with one attached hydrogen (secondary N) is 2. The second-order valence-electron chi connectivity index (χ2n) is 8.11. The largest absolute Gasteiger partial charge is 0.454 e. The van der Waals surface area contributed by atoms with Gasteiger partial charge in [0.2, 0.25) is 18.6 Å². The molecule has 2 aliphatic heterocycles. The van der Waals surface area contributed by atoms with Gasteiger partial charge in [-0.3, -0.25) is 14.5 Å². The topological polar surface area (TPSA) is 97.7 Å². The van der Waals surface area contributed by atoms with Crippen molar-refractivity contribution in [1.82, 2.24) is 20.0 Å². The van der Waals surface area contributed by atoms with Crippen LogP contribution < -0.4 is 20.1 Å². The van der Waals surface area contributed by atoms with Gasteiger partial charge in [0.1, 0.15) is 6.04 Å². The van der Waals surface area contributed by atoms with E-state index < -0.39 is 6.04 Å². The molecule has 0 bridgehead atoms. The first-order valence-electron chi connectivity index (χ1n) is 10.8. The number of para-hydroxylation sites is 1. The molecule has 9 heteroatoms. The van der Waals surface area contributed by atoms with E-state index >= 15 is 0 Å². The van der Waals surface area contributed by atoms with E-state index in [1.54, 1.807) is 18.2 Å². The third-order valence-electron chi connectivity index (χ3n) is 5.94. The lowest BCUT2D eigenvalue weighted by molar-refractivity contribution is -0.130. The SMILES string of the molecule is Cc1nn(-c2ccccc2)c(C)c1C1C(=O)NCCN1CC(=O)Nc1ccc2c(c1)OCO2. The molecule has 170 valence electrons. The Kier molecular flexibility index (Phi) is 5.47. The zero-order valence-electron chi connectivity index (χ0n) is 18.5. The van der Waals surface area contributed by atoms with Crippen molar-refractivity contribution in [2.24, 2.45) is 0 Å². The smallest absolute Gasteiger partial charge is 0.242 e. The van der Waals surface area contributed by atoms with Crippen LogP contribution in [0.1, 0.15) is 23.0 Å². The van der Waals surface area contributed by atoms with Gasteiger partial charge in [-0.15, -0.1) is 0 Å². The summed E-state index contributed by atoms with van der Waals surface area (Å²) >= 11 is 0. The summed E-state index contributed by atoms with van der Waals surface area (Å²) in [5.41, 5.74) is 4.01. The molecule has 1 unspecified atom stereocenters. The molecule has 1 atom stereocenters. The van der Waals surface area contributed by atoms with Crippen molar-refractivity contribution in [1.29, 1.82) is 0 Å². The summed E-state index contributed by atoms with van der Waals surface area (Å²) in [5, 5.41) is 10.5. The minimum Gasteiger partial charge on any atom is -0.454 e. The first-order valence-corrected chi connectivity index (χ1v) is 10.8. The summed E-state index contributed by atoms with van der Waals surface area (Å²) < 4.78 is 12.5. The highest BCUT2D eigenvalue weighted by Gasteiger charge is 2.36. The second-order valence-corrected chi connectivity index (χ2v) is 8.11. The number of carbonyl (C=O) groups is 2. The molecule has 3 heterocycles. The molecule has 2 amide bonds. The van der Waals surface area contributed by atoms with Crippen LogP contribution in [0.15, 0.2) is 48.5 Å². The number of hydrogen-bond donors (Lipinski definition) is 2. The Hall–Kier alpha value is -3.85. The van der Waals surface area contributed by atoms with E-state index in [-0.39, 0.29) is 25.2 Å². The van der Waals surface area contributed by atoms with Crippen LogP contribution in [0, 0.1) is 13.8 Å². The van der Waals surface area contributed by atoms with Gasteiger partial charge in [-0.05, 0) is 38.1 Å². The fraction of sp³-hybridized carbons (Fsp3) is 0.292. The molecule has 2 aromatic carbocycles. The van der Waals surface area contributed by atoms with Crippen LogP contribution in [0.3, 0.4) is 0 Å². The Balaban J connectivity index is 1.38. The lowest BCUT2D eigenvalue weighted by atomic mass is 10.00. The summed E-state index contributed by atoms with van der Waals surface area (Å²) in [6.07, 6.45) is 0. The Morgan fingerprint density at radius 3 is 2.76 bits per heavy atom. The van der Waals surface area contributed by atoms with Crippen molar-refractivity contribution in [3.05, 3.63) is 65.5 Å². The average Bonchev–Trinajstić information content (AvgIpc) is 3.38. The number of aryl methyl sites for hydroxylation is 1. The highest BCUT2D eigenvalue weighted by atomic mass is 16.7. The Morgan fingerprint density at radius 2 is 1.94 bits per heavy atom. The van der Waals surface area contributed by atoms with Gasteiger partial charge < -0.3 is 20.1 Å². The quantitative estimate of drug-likeness (QED) is 0.623. The van der Waals surface area contributed by atoms with Crippen molar-refractivity contribution >= 4 is 17.5 Å². The molecule has 0 aliphatic carbocycles. The average molecular weight is 447 g/mol. The van der Waals surface area contributed by atoms with Crippen molar-refractivity contribution in [3.8, 4) is 17.2 Å². The molecule has 1 saturated heterocycles. The van der Waals surface area contributed by atoms with Gasteiger partial charge in [-0.25, -0.2) is 4.68 Å². The Bertz CT molecular complexity index is 1210. The van der Waals surface area contributed by atoms with Gasteiger partial charge in [-0.2, -0.15) is 5.10 Å². The van der Waals surface area contributed by atoms with Gasteiger partial charge in [-0.1, -0.05) is 18.2 Å². The molecular formula is C24H25N5O4. The van der Waals surface area contributed by atoms with Crippen LogP contribution in [0.5, 0.6) is 11.5 Å². The maximum absolute atomic E-state index is 13.0. The molecule has 9 nitrogen and oxygen atoms in total. The summed E-state index contributed by atoms with van der Waals surface area (Å²) in [7, 11) is 0. The van der Waals surface area contributed by atoms with E-state index in [1.165, 1.54) is 0 Å². The zero-order chi connectivity index (χ0) is 22.9. The van der Waals surface area contributed by atoms with E-state index in [4.69, 9.17) is 9.47 Å². The number of benzene rings is 2. The summed E-state index contributed by atoms with van der Waals surface area (Å²) in [6, 6.07) is 14.5. The lowest BCUT2D eigenvalue weighted by Gasteiger charge is -2.34. The first-order chi connectivity index (χ1) is 16.0. The highest BCUT2D eigenvalue weighted by Crippen LogP contribution is 2.34. The molecule has 3 aromatic rings. The van der Waals surface area contributed by atoms with Crippen molar-refractivity contribution in [2.75, 3.05) is 31.7 Å². The number of ether oxygens (including phenoxy) is 2. The zero-order valence-corrected chi connectivity index (χ0v) is 18.5. The summed E-state index contributed by atoms with van der Waals surface area (Å²) in [5.74, 6) is 0.917. The minimum absolute atomic E-state index is 0.0714. The lowest BCUT2D eigenvalue weighted by Crippen LogP contribution is -2.52. The van der Waals surface area contributed by atoms with Crippen LogP contribution >= 0.6 is 0 Å². The Morgan fingerprint density at radius 1 is 1.15 bits per heavy atom. The maximum Gasteiger partial charge on any atom is 0.242 e. The number of nitrogens with zero attached hydrogens (tertiary/aromatic N) is 3. The Labute approximate surface area is 191 Å². The number of fused-ring (bicyclic) bond motifs is 1. The van der Waals surface area contributed by atoms with Crippen LogP contribution in [-0.2, 0) is 9.59 Å². The molecule has 0 spiro atoms. The fourth-order valence-corrected chi connectivity index (χ4v) is 4.43. The molecule has 2 aliphatic rings. The molecule has 1 fully saturated rings.